The standard InChI is InChI=1S/C18H19NO/c1-12-9-17(10-13(2)19-12)18(20)16-8-4-7-15(11-16)14-5-3-6-14/h4,7-11,14H,3,5-6H2,1-2H3. The Morgan fingerprint density at radius 1 is 1.05 bits per heavy atom. The molecule has 1 fully saturated rings. The molecular formula is C18H19NO. The molecular weight excluding hydrogens is 246 g/mol. The third-order valence-electron chi connectivity index (χ3n) is 4.07. The molecule has 1 saturated carbocycles. The first-order valence-corrected chi connectivity index (χ1v) is 7.23. The molecule has 3 rings (SSSR count). The number of nitrogens with zero attached hydrogens (tertiary/aromatic N) is 1. The lowest BCUT2D eigenvalue weighted by molar-refractivity contribution is 0.103. The Bertz CT molecular complexity index is 636. The smallest absolute Gasteiger partial charge is 0.193 e. The second-order valence-corrected chi connectivity index (χ2v) is 5.72. The molecule has 0 saturated heterocycles. The van der Waals surface area contributed by atoms with Gasteiger partial charge in [0, 0.05) is 22.5 Å². The molecule has 0 spiro atoms. The van der Waals surface area contributed by atoms with Crippen LogP contribution in [-0.2, 0) is 0 Å². The second kappa shape index (κ2) is 5.20. The number of carbonyl (C=O) groups is 1. The van der Waals surface area contributed by atoms with Crippen molar-refractivity contribution in [2.45, 2.75) is 39.0 Å². The van der Waals surface area contributed by atoms with Crippen LogP contribution in [0.5, 0.6) is 0 Å². The summed E-state index contributed by atoms with van der Waals surface area (Å²) in [6, 6.07) is 11.9. The topological polar surface area (TPSA) is 30.0 Å². The minimum atomic E-state index is 0.0970. The summed E-state index contributed by atoms with van der Waals surface area (Å²) in [4.78, 5) is 16.9. The molecule has 1 aliphatic carbocycles. The van der Waals surface area contributed by atoms with Crippen LogP contribution in [-0.4, -0.2) is 10.8 Å². The van der Waals surface area contributed by atoms with E-state index in [0.29, 0.717) is 5.92 Å². The summed E-state index contributed by atoms with van der Waals surface area (Å²) in [5.74, 6) is 0.753. The molecule has 0 bridgehead atoms. The fourth-order valence-electron chi connectivity index (χ4n) is 2.81. The van der Waals surface area contributed by atoms with Crippen LogP contribution in [0.3, 0.4) is 0 Å². The van der Waals surface area contributed by atoms with Crippen molar-refractivity contribution in [2.24, 2.45) is 0 Å². The van der Waals surface area contributed by atoms with Crippen molar-refractivity contribution < 1.29 is 4.79 Å². The van der Waals surface area contributed by atoms with Crippen molar-refractivity contribution in [1.29, 1.82) is 0 Å². The summed E-state index contributed by atoms with van der Waals surface area (Å²) in [6.07, 6.45) is 3.82. The quantitative estimate of drug-likeness (QED) is 0.779. The van der Waals surface area contributed by atoms with E-state index in [2.05, 4.69) is 17.1 Å². The molecule has 0 atom stereocenters. The highest BCUT2D eigenvalue weighted by atomic mass is 16.1. The maximum Gasteiger partial charge on any atom is 0.193 e. The lowest BCUT2D eigenvalue weighted by atomic mass is 9.79. The van der Waals surface area contributed by atoms with E-state index in [1.807, 2.05) is 38.1 Å². The number of benzene rings is 1. The van der Waals surface area contributed by atoms with Crippen LogP contribution in [0.1, 0.15) is 58.1 Å². The Morgan fingerprint density at radius 2 is 1.75 bits per heavy atom. The lowest BCUT2D eigenvalue weighted by Gasteiger charge is -2.26. The highest BCUT2D eigenvalue weighted by molar-refractivity contribution is 6.09. The van der Waals surface area contributed by atoms with Crippen molar-refractivity contribution >= 4 is 5.78 Å². The van der Waals surface area contributed by atoms with Crippen molar-refractivity contribution in [3.63, 3.8) is 0 Å². The number of carbonyl (C=O) groups excluding carboxylic acids is 1. The minimum Gasteiger partial charge on any atom is -0.289 e. The highest BCUT2D eigenvalue weighted by Crippen LogP contribution is 2.36. The van der Waals surface area contributed by atoms with E-state index < -0.39 is 0 Å². The molecule has 2 nitrogen and oxygen atoms in total. The third kappa shape index (κ3) is 2.51. The number of pyridine rings is 1. The lowest BCUT2D eigenvalue weighted by Crippen LogP contribution is -2.10. The van der Waals surface area contributed by atoms with Gasteiger partial charge >= 0.3 is 0 Å². The van der Waals surface area contributed by atoms with Crippen molar-refractivity contribution in [3.05, 3.63) is 64.5 Å². The van der Waals surface area contributed by atoms with Gasteiger partial charge in [0.25, 0.3) is 0 Å². The van der Waals surface area contributed by atoms with E-state index in [4.69, 9.17) is 0 Å². The van der Waals surface area contributed by atoms with Gasteiger partial charge < -0.3 is 0 Å². The fourth-order valence-corrected chi connectivity index (χ4v) is 2.81. The first-order chi connectivity index (χ1) is 9.63. The molecule has 20 heavy (non-hydrogen) atoms. The predicted octanol–water partition coefficient (Wildman–Crippen LogP) is 4.20. The van der Waals surface area contributed by atoms with Crippen LogP contribution in [0, 0.1) is 13.8 Å². The Kier molecular flexibility index (Phi) is 3.39. The SMILES string of the molecule is Cc1cc(C(=O)c2cccc(C3CCC3)c2)cc(C)n1. The summed E-state index contributed by atoms with van der Waals surface area (Å²) in [5.41, 5.74) is 4.62. The molecule has 0 aliphatic heterocycles. The van der Waals surface area contributed by atoms with Gasteiger partial charge in [0.1, 0.15) is 0 Å². The Hall–Kier alpha value is -1.96. The van der Waals surface area contributed by atoms with Crippen molar-refractivity contribution in [3.8, 4) is 0 Å². The van der Waals surface area contributed by atoms with Gasteiger partial charge in [-0.25, -0.2) is 0 Å². The first-order valence-electron chi connectivity index (χ1n) is 7.23. The summed E-state index contributed by atoms with van der Waals surface area (Å²) in [6.45, 7) is 3.85. The molecule has 1 aromatic heterocycles. The molecule has 2 aromatic rings. The Labute approximate surface area is 119 Å². The maximum atomic E-state index is 12.6. The molecule has 102 valence electrons. The fraction of sp³-hybridized carbons (Fsp3) is 0.333. The molecule has 1 heterocycles. The van der Waals surface area contributed by atoms with Crippen LogP contribution in [0.4, 0.5) is 0 Å². The van der Waals surface area contributed by atoms with Crippen LogP contribution in [0.25, 0.3) is 0 Å². The minimum absolute atomic E-state index is 0.0970. The summed E-state index contributed by atoms with van der Waals surface area (Å²) >= 11 is 0. The summed E-state index contributed by atoms with van der Waals surface area (Å²) in [5, 5.41) is 0. The zero-order chi connectivity index (χ0) is 14.1. The molecule has 0 amide bonds. The van der Waals surface area contributed by atoms with Crippen LogP contribution in [0.2, 0.25) is 0 Å². The van der Waals surface area contributed by atoms with E-state index in [1.165, 1.54) is 24.8 Å². The zero-order valence-corrected chi connectivity index (χ0v) is 12.0. The van der Waals surface area contributed by atoms with Gasteiger partial charge in [-0.3, -0.25) is 9.78 Å². The van der Waals surface area contributed by atoms with Gasteiger partial charge in [-0.15, -0.1) is 0 Å². The number of rotatable bonds is 3. The van der Waals surface area contributed by atoms with E-state index in [1.54, 1.807) is 0 Å². The van der Waals surface area contributed by atoms with Crippen molar-refractivity contribution in [1.82, 2.24) is 4.98 Å². The maximum absolute atomic E-state index is 12.6. The van der Waals surface area contributed by atoms with E-state index in [-0.39, 0.29) is 5.78 Å². The van der Waals surface area contributed by atoms with Gasteiger partial charge in [-0.05, 0) is 56.4 Å². The predicted molar refractivity (Wildman–Crippen MR) is 80.2 cm³/mol. The van der Waals surface area contributed by atoms with Crippen LogP contribution < -0.4 is 0 Å². The monoisotopic (exact) mass is 265 g/mol. The largest absolute Gasteiger partial charge is 0.289 e. The average Bonchev–Trinajstić information content (AvgIpc) is 2.35. The number of ketones is 1. The second-order valence-electron chi connectivity index (χ2n) is 5.72. The molecule has 0 radical (unpaired) electrons. The van der Waals surface area contributed by atoms with Gasteiger partial charge in [0.15, 0.2) is 5.78 Å². The van der Waals surface area contributed by atoms with E-state index in [9.17, 15) is 4.79 Å². The van der Waals surface area contributed by atoms with Gasteiger partial charge in [-0.1, -0.05) is 24.6 Å². The van der Waals surface area contributed by atoms with Crippen LogP contribution in [0.15, 0.2) is 36.4 Å². The first kappa shape index (κ1) is 13.0. The zero-order valence-electron chi connectivity index (χ0n) is 12.0. The number of hydrogen-bond acceptors (Lipinski definition) is 2. The van der Waals surface area contributed by atoms with Gasteiger partial charge in [0.2, 0.25) is 0 Å². The number of aryl methyl sites for hydroxylation is 2. The van der Waals surface area contributed by atoms with E-state index >= 15 is 0 Å². The molecule has 2 heteroatoms. The average molecular weight is 265 g/mol. The third-order valence-corrected chi connectivity index (χ3v) is 4.07. The molecule has 0 unspecified atom stereocenters. The van der Waals surface area contributed by atoms with Gasteiger partial charge in [0.05, 0.1) is 0 Å². The van der Waals surface area contributed by atoms with E-state index in [0.717, 1.165) is 22.5 Å². The summed E-state index contributed by atoms with van der Waals surface area (Å²) < 4.78 is 0. The molecule has 1 aliphatic rings. The van der Waals surface area contributed by atoms with Crippen LogP contribution >= 0.6 is 0 Å². The molecule has 1 aromatic carbocycles. The Morgan fingerprint density at radius 3 is 2.35 bits per heavy atom. The normalized spacial score (nSPS) is 14.9. The summed E-state index contributed by atoms with van der Waals surface area (Å²) in [7, 11) is 0. The van der Waals surface area contributed by atoms with Crippen molar-refractivity contribution in [2.75, 3.05) is 0 Å². The number of hydrogen-bond donors (Lipinski definition) is 0. The number of aromatic nitrogens is 1. The highest BCUT2D eigenvalue weighted by Gasteiger charge is 2.20. The van der Waals surface area contributed by atoms with Gasteiger partial charge in [-0.2, -0.15) is 0 Å². The Balaban J connectivity index is 1.93. The molecule has 0 N–H and O–H groups in total.